The molecule has 1 saturated heterocycles. The number of fused-ring (bicyclic) bond motifs is 1. The lowest BCUT2D eigenvalue weighted by Crippen LogP contribution is -2.35. The van der Waals surface area contributed by atoms with Crippen molar-refractivity contribution in [2.45, 2.75) is 19.3 Å². The van der Waals surface area contributed by atoms with Crippen molar-refractivity contribution in [3.8, 4) is 0 Å². The van der Waals surface area contributed by atoms with E-state index in [1.54, 1.807) is 6.07 Å². The third-order valence-electron chi connectivity index (χ3n) is 5.59. The Kier molecular flexibility index (Phi) is 3.87. The fourth-order valence-corrected chi connectivity index (χ4v) is 4.18. The molecule has 1 amide bonds. The van der Waals surface area contributed by atoms with Crippen LogP contribution in [0.25, 0.3) is 5.57 Å². The molecule has 3 N–H and O–H groups in total. The van der Waals surface area contributed by atoms with Gasteiger partial charge in [-0.25, -0.2) is 4.39 Å². The zero-order valence-electron chi connectivity index (χ0n) is 14.3. The maximum atomic E-state index is 13.5. The van der Waals surface area contributed by atoms with E-state index < -0.39 is 5.41 Å². The molecule has 1 aliphatic heterocycles. The molecule has 2 aliphatic rings. The molecule has 1 heterocycles. The van der Waals surface area contributed by atoms with Crippen molar-refractivity contribution in [1.82, 2.24) is 0 Å². The van der Waals surface area contributed by atoms with Gasteiger partial charge in [0.1, 0.15) is 5.82 Å². The van der Waals surface area contributed by atoms with Gasteiger partial charge in [0, 0.05) is 30.2 Å². The van der Waals surface area contributed by atoms with Crippen molar-refractivity contribution in [2.24, 2.45) is 11.1 Å². The number of anilines is 1. The first kappa shape index (κ1) is 16.5. The zero-order valence-corrected chi connectivity index (χ0v) is 14.3. The van der Waals surface area contributed by atoms with Crippen molar-refractivity contribution in [3.05, 3.63) is 71.2 Å². The van der Waals surface area contributed by atoms with Crippen LogP contribution in [0.1, 0.15) is 23.1 Å². The molecule has 0 radical (unpaired) electrons. The summed E-state index contributed by atoms with van der Waals surface area (Å²) in [6.07, 6.45) is 4.68. The Labute approximate surface area is 151 Å². The molecule has 2 aromatic rings. The first-order valence-corrected chi connectivity index (χ1v) is 8.68. The number of allylic oxidation sites excluding steroid dienone is 1. The topological polar surface area (TPSA) is 70.2 Å². The van der Waals surface area contributed by atoms with E-state index in [9.17, 15) is 9.18 Å². The number of carbonyl (C=O) groups excluding carboxylic acids is 1. The van der Waals surface area contributed by atoms with Crippen molar-refractivity contribution in [1.29, 1.82) is 5.41 Å². The van der Waals surface area contributed by atoms with Crippen LogP contribution in [0, 0.1) is 16.6 Å². The molecule has 1 atom stereocenters. The molecule has 4 rings (SSSR count). The molecule has 0 saturated carbocycles. The molecule has 1 aliphatic carbocycles. The zero-order chi connectivity index (χ0) is 18.3. The minimum absolute atomic E-state index is 0.114. The van der Waals surface area contributed by atoms with E-state index in [1.165, 1.54) is 18.5 Å². The number of hydrogen-bond acceptors (Lipinski definition) is 3. The number of halogens is 1. The van der Waals surface area contributed by atoms with Gasteiger partial charge in [0.15, 0.2) is 0 Å². The Hall–Kier alpha value is -2.95. The highest BCUT2D eigenvalue weighted by Crippen LogP contribution is 2.46. The molecule has 1 unspecified atom stereocenters. The second-order valence-electron chi connectivity index (χ2n) is 7.07. The van der Waals surface area contributed by atoms with Crippen LogP contribution in [0.4, 0.5) is 10.1 Å². The quantitative estimate of drug-likeness (QED) is 0.835. The van der Waals surface area contributed by atoms with Crippen molar-refractivity contribution in [2.75, 3.05) is 11.4 Å². The number of hydrogen-bond donors (Lipinski definition) is 2. The molecular weight excluding hydrogens is 329 g/mol. The summed E-state index contributed by atoms with van der Waals surface area (Å²) in [6.45, 7) is 0.665. The fourth-order valence-electron chi connectivity index (χ4n) is 4.18. The van der Waals surface area contributed by atoms with Gasteiger partial charge in [0.25, 0.3) is 0 Å². The number of nitrogens with two attached hydrogens (primary N) is 1. The average Bonchev–Trinajstić information content (AvgIpc) is 3.17. The Morgan fingerprint density at radius 1 is 1.15 bits per heavy atom. The summed E-state index contributed by atoms with van der Waals surface area (Å²) in [7, 11) is 0. The first-order chi connectivity index (χ1) is 12.6. The number of nitrogens with zero attached hydrogens (tertiary/aromatic N) is 1. The Bertz CT molecular complexity index is 919. The van der Waals surface area contributed by atoms with Gasteiger partial charge in [0.05, 0.1) is 5.41 Å². The maximum absolute atomic E-state index is 13.5. The Morgan fingerprint density at radius 3 is 2.58 bits per heavy atom. The number of amides is 1. The summed E-state index contributed by atoms with van der Waals surface area (Å²) in [6, 6.07) is 12.4. The Morgan fingerprint density at radius 2 is 1.88 bits per heavy atom. The minimum atomic E-state index is -0.438. The standard InChI is InChI=1S/C21H20FN3O/c22-18-4-1-15-10-21(11-16(15)9-18)7-8-25(20(21)26)19-5-2-14(3-6-19)17(12-23)13-24/h1-6,9,12-13,23H,7-8,10-11,24H2. The lowest BCUT2D eigenvalue weighted by molar-refractivity contribution is -0.125. The van der Waals surface area contributed by atoms with Crippen LogP contribution in [0.15, 0.2) is 48.7 Å². The predicted molar refractivity (Wildman–Crippen MR) is 101 cm³/mol. The van der Waals surface area contributed by atoms with Gasteiger partial charge >= 0.3 is 0 Å². The lowest BCUT2D eigenvalue weighted by Gasteiger charge is -2.23. The highest BCUT2D eigenvalue weighted by atomic mass is 19.1. The van der Waals surface area contributed by atoms with E-state index in [0.717, 1.165) is 28.8 Å². The monoisotopic (exact) mass is 349 g/mol. The van der Waals surface area contributed by atoms with Gasteiger partial charge in [0.2, 0.25) is 5.91 Å². The van der Waals surface area contributed by atoms with Gasteiger partial charge in [-0.05, 0) is 60.2 Å². The molecule has 0 aromatic heterocycles. The fraction of sp³-hybridized carbons (Fsp3) is 0.238. The predicted octanol–water partition coefficient (Wildman–Crippen LogP) is 3.30. The average molecular weight is 349 g/mol. The summed E-state index contributed by atoms with van der Waals surface area (Å²) in [5, 5.41) is 7.37. The van der Waals surface area contributed by atoms with Gasteiger partial charge in [-0.15, -0.1) is 0 Å². The molecule has 26 heavy (non-hydrogen) atoms. The van der Waals surface area contributed by atoms with Crippen LogP contribution < -0.4 is 10.6 Å². The summed E-state index contributed by atoms with van der Waals surface area (Å²) in [4.78, 5) is 15.0. The van der Waals surface area contributed by atoms with E-state index in [4.69, 9.17) is 11.1 Å². The van der Waals surface area contributed by atoms with Crippen molar-refractivity contribution < 1.29 is 9.18 Å². The second kappa shape index (κ2) is 6.09. The third-order valence-corrected chi connectivity index (χ3v) is 5.59. The van der Waals surface area contributed by atoms with E-state index in [-0.39, 0.29) is 11.7 Å². The molecular formula is C21H20FN3O. The minimum Gasteiger partial charge on any atom is -0.404 e. The first-order valence-electron chi connectivity index (χ1n) is 8.68. The highest BCUT2D eigenvalue weighted by molar-refractivity contribution is 6.08. The van der Waals surface area contributed by atoms with Crippen LogP contribution in [0.2, 0.25) is 0 Å². The summed E-state index contributed by atoms with van der Waals surface area (Å²) < 4.78 is 13.5. The van der Waals surface area contributed by atoms with Gasteiger partial charge in [-0.2, -0.15) is 0 Å². The van der Waals surface area contributed by atoms with Gasteiger partial charge in [-0.3, -0.25) is 4.79 Å². The van der Waals surface area contributed by atoms with E-state index in [0.29, 0.717) is 25.0 Å². The molecule has 1 fully saturated rings. The largest absolute Gasteiger partial charge is 0.404 e. The SMILES string of the molecule is N=CC(=CN)c1ccc(N2CCC3(Cc4ccc(F)cc4C3)C2=O)cc1. The number of carbonyl (C=O) groups is 1. The molecule has 132 valence electrons. The van der Waals surface area contributed by atoms with E-state index >= 15 is 0 Å². The molecule has 2 aromatic carbocycles. The van der Waals surface area contributed by atoms with E-state index in [2.05, 4.69) is 0 Å². The van der Waals surface area contributed by atoms with Crippen LogP contribution in [-0.4, -0.2) is 18.7 Å². The van der Waals surface area contributed by atoms with Crippen LogP contribution in [0.5, 0.6) is 0 Å². The highest BCUT2D eigenvalue weighted by Gasteiger charge is 2.50. The van der Waals surface area contributed by atoms with E-state index in [1.807, 2.05) is 35.2 Å². The second-order valence-corrected chi connectivity index (χ2v) is 7.07. The summed E-state index contributed by atoms with van der Waals surface area (Å²) in [5.74, 6) is -0.128. The molecule has 5 heteroatoms. The third kappa shape index (κ3) is 2.51. The van der Waals surface area contributed by atoms with Crippen molar-refractivity contribution in [3.63, 3.8) is 0 Å². The number of rotatable bonds is 3. The maximum Gasteiger partial charge on any atom is 0.233 e. The Balaban J connectivity index is 1.58. The van der Waals surface area contributed by atoms with Gasteiger partial charge < -0.3 is 16.0 Å². The van der Waals surface area contributed by atoms with Gasteiger partial charge in [-0.1, -0.05) is 18.2 Å². The molecule has 0 bridgehead atoms. The number of benzene rings is 2. The number of nitrogens with one attached hydrogen (secondary N) is 1. The van der Waals surface area contributed by atoms with Crippen LogP contribution >= 0.6 is 0 Å². The normalized spacial score (nSPS) is 22.1. The van der Waals surface area contributed by atoms with Crippen molar-refractivity contribution >= 4 is 23.4 Å². The molecule has 1 spiro atoms. The van der Waals surface area contributed by atoms with Crippen LogP contribution in [0.3, 0.4) is 0 Å². The summed E-state index contributed by atoms with van der Waals surface area (Å²) in [5.41, 5.74) is 9.45. The smallest absolute Gasteiger partial charge is 0.233 e. The summed E-state index contributed by atoms with van der Waals surface area (Å²) >= 11 is 0. The molecule has 4 nitrogen and oxygen atoms in total. The van der Waals surface area contributed by atoms with Crippen LogP contribution in [-0.2, 0) is 17.6 Å². The lowest BCUT2D eigenvalue weighted by atomic mass is 9.83.